The topological polar surface area (TPSA) is 93.9 Å². The molecule has 1 aliphatic heterocycles. The van der Waals surface area contributed by atoms with Crippen molar-refractivity contribution in [2.75, 3.05) is 16.8 Å². The van der Waals surface area contributed by atoms with Crippen LogP contribution < -0.4 is 5.32 Å². The van der Waals surface area contributed by atoms with Crippen molar-refractivity contribution < 1.29 is 17.6 Å². The van der Waals surface area contributed by atoms with Crippen LogP contribution in [0, 0.1) is 12.7 Å². The molecule has 7 nitrogen and oxygen atoms in total. The molecule has 3 aromatic rings. The van der Waals surface area contributed by atoms with E-state index in [0.29, 0.717) is 33.7 Å². The minimum Gasteiger partial charge on any atom is -0.319 e. The Bertz CT molecular complexity index is 1330. The molecule has 1 unspecified atom stereocenters. The standard InChI is InChI=1S/C21H20ClFN4O3S/c1-11-19-15(21(28)25-18-8-13(22)4-5-16(18)23)9-17(12-2-3-12)24-20(19)27(26-11)14-6-7-31(29,30)10-14/h4-5,8-9,12,14H,2-3,6-7,10H2,1H3,(H,25,28). The highest BCUT2D eigenvalue weighted by molar-refractivity contribution is 7.91. The van der Waals surface area contributed by atoms with Crippen LogP contribution in [0.1, 0.15) is 53.0 Å². The molecule has 2 aromatic heterocycles. The van der Waals surface area contributed by atoms with E-state index in [2.05, 4.69) is 10.4 Å². The molecule has 1 saturated heterocycles. The second-order valence-corrected chi connectivity index (χ2v) is 10.9. The van der Waals surface area contributed by atoms with Crippen molar-refractivity contribution in [1.29, 1.82) is 0 Å². The van der Waals surface area contributed by atoms with Gasteiger partial charge in [0.05, 0.1) is 39.9 Å². The summed E-state index contributed by atoms with van der Waals surface area (Å²) in [5.41, 5.74) is 2.18. The van der Waals surface area contributed by atoms with Gasteiger partial charge in [-0.1, -0.05) is 11.6 Å². The molecule has 1 atom stereocenters. The number of sulfone groups is 1. The van der Waals surface area contributed by atoms with Gasteiger partial charge in [-0.15, -0.1) is 0 Å². The van der Waals surface area contributed by atoms with Crippen LogP contribution in [-0.4, -0.2) is 40.6 Å². The molecule has 1 saturated carbocycles. The first-order valence-electron chi connectivity index (χ1n) is 10.1. The number of aromatic nitrogens is 3. The highest BCUT2D eigenvalue weighted by atomic mass is 35.5. The van der Waals surface area contributed by atoms with Gasteiger partial charge in [0.2, 0.25) is 0 Å². The van der Waals surface area contributed by atoms with Crippen molar-refractivity contribution in [3.8, 4) is 0 Å². The minimum absolute atomic E-state index is 0.00775. The molecule has 3 heterocycles. The van der Waals surface area contributed by atoms with E-state index in [1.54, 1.807) is 17.7 Å². The number of fused-ring (bicyclic) bond motifs is 1. The van der Waals surface area contributed by atoms with Crippen molar-refractivity contribution in [2.24, 2.45) is 0 Å². The first-order valence-corrected chi connectivity index (χ1v) is 12.3. The van der Waals surface area contributed by atoms with Crippen molar-refractivity contribution in [1.82, 2.24) is 14.8 Å². The number of nitrogens with zero attached hydrogens (tertiary/aromatic N) is 3. The second kappa shape index (κ2) is 7.27. The van der Waals surface area contributed by atoms with E-state index in [1.807, 2.05) is 0 Å². The summed E-state index contributed by atoms with van der Waals surface area (Å²) in [5, 5.41) is 8.02. The zero-order valence-corrected chi connectivity index (χ0v) is 18.3. The summed E-state index contributed by atoms with van der Waals surface area (Å²) < 4.78 is 39.8. The molecule has 2 fully saturated rings. The van der Waals surface area contributed by atoms with Crippen LogP contribution >= 0.6 is 11.6 Å². The Labute approximate surface area is 183 Å². The van der Waals surface area contributed by atoms with Crippen LogP contribution in [0.3, 0.4) is 0 Å². The van der Waals surface area contributed by atoms with Gasteiger partial charge < -0.3 is 5.32 Å². The lowest BCUT2D eigenvalue weighted by Gasteiger charge is -2.12. The predicted molar refractivity (Wildman–Crippen MR) is 116 cm³/mol. The molecule has 1 N–H and O–H groups in total. The van der Waals surface area contributed by atoms with Gasteiger partial charge in [-0.25, -0.2) is 22.5 Å². The number of nitrogens with one attached hydrogen (secondary N) is 1. The minimum atomic E-state index is -3.12. The first-order chi connectivity index (χ1) is 14.7. The van der Waals surface area contributed by atoms with Gasteiger partial charge in [0.25, 0.3) is 5.91 Å². The highest BCUT2D eigenvalue weighted by Gasteiger charge is 2.34. The number of hydrogen-bond donors (Lipinski definition) is 1. The van der Waals surface area contributed by atoms with E-state index in [4.69, 9.17) is 16.6 Å². The van der Waals surface area contributed by atoms with Crippen molar-refractivity contribution in [3.05, 3.63) is 52.1 Å². The average Bonchev–Trinajstić information content (AvgIpc) is 3.43. The molecule has 1 amide bonds. The van der Waals surface area contributed by atoms with Gasteiger partial charge in [-0.05, 0) is 50.5 Å². The van der Waals surface area contributed by atoms with Crippen LogP contribution in [0.25, 0.3) is 11.0 Å². The number of pyridine rings is 1. The lowest BCUT2D eigenvalue weighted by molar-refractivity contribution is 0.102. The van der Waals surface area contributed by atoms with Gasteiger partial charge >= 0.3 is 0 Å². The van der Waals surface area contributed by atoms with E-state index in [9.17, 15) is 17.6 Å². The number of amides is 1. The number of rotatable bonds is 4. The van der Waals surface area contributed by atoms with Crippen molar-refractivity contribution >= 4 is 44.1 Å². The van der Waals surface area contributed by atoms with Gasteiger partial charge in [0.1, 0.15) is 5.82 Å². The number of carbonyl (C=O) groups is 1. The molecule has 5 rings (SSSR count). The van der Waals surface area contributed by atoms with Gasteiger partial charge in [-0.3, -0.25) is 4.79 Å². The van der Waals surface area contributed by atoms with Gasteiger partial charge in [0, 0.05) is 16.6 Å². The normalized spacial score (nSPS) is 20.3. The van der Waals surface area contributed by atoms with Gasteiger partial charge in [-0.2, -0.15) is 5.10 Å². The fourth-order valence-corrected chi connectivity index (χ4v) is 5.97. The Balaban J connectivity index is 1.62. The largest absolute Gasteiger partial charge is 0.319 e. The molecule has 10 heteroatoms. The zero-order valence-electron chi connectivity index (χ0n) is 16.7. The summed E-state index contributed by atoms with van der Waals surface area (Å²) in [6.45, 7) is 1.76. The smallest absolute Gasteiger partial charge is 0.256 e. The van der Waals surface area contributed by atoms with Crippen molar-refractivity contribution in [3.63, 3.8) is 0 Å². The molecule has 1 aromatic carbocycles. The number of carbonyl (C=O) groups excluding carboxylic acids is 1. The van der Waals surface area contributed by atoms with E-state index in [-0.39, 0.29) is 29.2 Å². The summed E-state index contributed by atoms with van der Waals surface area (Å²) in [7, 11) is -3.12. The van der Waals surface area contributed by atoms with Crippen molar-refractivity contribution in [2.45, 2.75) is 38.1 Å². The quantitative estimate of drug-likeness (QED) is 0.632. The molecular formula is C21H20ClFN4O3S. The molecule has 0 radical (unpaired) electrons. The summed E-state index contributed by atoms with van der Waals surface area (Å²) in [6, 6.07) is 5.38. The molecule has 1 aliphatic carbocycles. The number of hydrogen-bond acceptors (Lipinski definition) is 5. The van der Waals surface area contributed by atoms with Crippen LogP contribution in [0.4, 0.5) is 10.1 Å². The summed E-state index contributed by atoms with van der Waals surface area (Å²) in [4.78, 5) is 18.0. The molecular weight excluding hydrogens is 443 g/mol. The lowest BCUT2D eigenvalue weighted by atomic mass is 10.1. The highest BCUT2D eigenvalue weighted by Crippen LogP contribution is 2.41. The molecule has 0 bridgehead atoms. The SMILES string of the molecule is Cc1nn(C2CCS(=O)(=O)C2)c2nc(C3CC3)cc(C(=O)Nc3cc(Cl)ccc3F)c12. The predicted octanol–water partition coefficient (Wildman–Crippen LogP) is 4.02. The second-order valence-electron chi connectivity index (χ2n) is 8.23. The Kier molecular flexibility index (Phi) is 4.78. The summed E-state index contributed by atoms with van der Waals surface area (Å²) >= 11 is 5.95. The summed E-state index contributed by atoms with van der Waals surface area (Å²) in [6.07, 6.45) is 2.42. The van der Waals surface area contributed by atoms with Crippen LogP contribution in [0.5, 0.6) is 0 Å². The molecule has 2 aliphatic rings. The van der Waals surface area contributed by atoms with Crippen LogP contribution in [0.2, 0.25) is 5.02 Å². The van der Waals surface area contributed by atoms with Crippen LogP contribution in [0.15, 0.2) is 24.3 Å². The molecule has 31 heavy (non-hydrogen) atoms. The van der Waals surface area contributed by atoms with E-state index in [1.165, 1.54) is 18.2 Å². The fraction of sp³-hybridized carbons (Fsp3) is 0.381. The Morgan fingerprint density at radius 3 is 2.71 bits per heavy atom. The summed E-state index contributed by atoms with van der Waals surface area (Å²) in [5.74, 6) is -0.698. The monoisotopic (exact) mass is 462 g/mol. The lowest BCUT2D eigenvalue weighted by Crippen LogP contribution is -2.16. The first kappa shape index (κ1) is 20.4. The number of anilines is 1. The third-order valence-corrected chi connectivity index (χ3v) is 7.81. The maximum atomic E-state index is 14.2. The van der Waals surface area contributed by atoms with Gasteiger partial charge in [0.15, 0.2) is 15.5 Å². The third kappa shape index (κ3) is 3.80. The average molecular weight is 463 g/mol. The fourth-order valence-electron chi connectivity index (χ4n) is 4.11. The maximum absolute atomic E-state index is 14.2. The van der Waals surface area contributed by atoms with E-state index < -0.39 is 21.6 Å². The number of aryl methyl sites for hydroxylation is 1. The number of benzene rings is 1. The third-order valence-electron chi connectivity index (χ3n) is 5.83. The molecule has 0 spiro atoms. The Hall–Kier alpha value is -2.52. The molecule has 162 valence electrons. The van der Waals surface area contributed by atoms with Crippen LogP contribution in [-0.2, 0) is 9.84 Å². The van der Waals surface area contributed by atoms with E-state index >= 15 is 0 Å². The van der Waals surface area contributed by atoms with E-state index in [0.717, 1.165) is 18.5 Å². The number of halogens is 2. The Morgan fingerprint density at radius 2 is 2.03 bits per heavy atom. The Morgan fingerprint density at radius 1 is 1.26 bits per heavy atom. The zero-order chi connectivity index (χ0) is 21.9. The maximum Gasteiger partial charge on any atom is 0.256 e.